The Morgan fingerprint density at radius 1 is 1.17 bits per heavy atom. The van der Waals surface area contributed by atoms with Crippen molar-refractivity contribution in [1.82, 2.24) is 16.2 Å². The molecule has 0 spiro atoms. The number of aliphatic hydroxyl groups is 1. The number of hydrazine groups is 1. The van der Waals surface area contributed by atoms with Crippen LogP contribution in [0.4, 0.5) is 13.2 Å². The monoisotopic (exact) mass is 409 g/mol. The molecule has 3 atom stereocenters. The van der Waals surface area contributed by atoms with Crippen LogP contribution >= 0.6 is 0 Å². The number of benzene rings is 2. The van der Waals surface area contributed by atoms with Gasteiger partial charge in [-0.3, -0.25) is 4.79 Å². The molecule has 3 unspecified atom stereocenters. The van der Waals surface area contributed by atoms with Gasteiger partial charge in [0.1, 0.15) is 24.5 Å². The molecule has 1 amide bonds. The molecule has 3 rings (SSSR count). The predicted octanol–water partition coefficient (Wildman–Crippen LogP) is 2.17. The van der Waals surface area contributed by atoms with E-state index in [1.807, 2.05) is 30.3 Å². The zero-order valence-corrected chi connectivity index (χ0v) is 15.4. The molecule has 1 heterocycles. The zero-order valence-electron chi connectivity index (χ0n) is 15.4. The van der Waals surface area contributed by atoms with Crippen molar-refractivity contribution in [3.05, 3.63) is 65.7 Å². The molecule has 0 aliphatic carbocycles. The fourth-order valence-corrected chi connectivity index (χ4v) is 2.99. The van der Waals surface area contributed by atoms with E-state index < -0.39 is 23.9 Å². The van der Waals surface area contributed by atoms with Gasteiger partial charge in [0.15, 0.2) is 0 Å². The van der Waals surface area contributed by atoms with Crippen molar-refractivity contribution in [2.75, 3.05) is 13.2 Å². The number of hydrogen-bond acceptors (Lipinski definition) is 5. The highest BCUT2D eigenvalue weighted by atomic mass is 19.4. The maximum atomic E-state index is 12.7. The van der Waals surface area contributed by atoms with Crippen LogP contribution in [-0.4, -0.2) is 36.3 Å². The van der Waals surface area contributed by atoms with Gasteiger partial charge >= 0.3 is 6.18 Å². The second kappa shape index (κ2) is 9.25. The zero-order chi connectivity index (χ0) is 20.9. The molecule has 0 radical (unpaired) electrons. The van der Waals surface area contributed by atoms with Gasteiger partial charge < -0.3 is 15.2 Å². The molecule has 1 fully saturated rings. The van der Waals surface area contributed by atoms with Gasteiger partial charge in [-0.15, -0.1) is 0 Å². The summed E-state index contributed by atoms with van der Waals surface area (Å²) in [6.45, 7) is -0.323. The van der Waals surface area contributed by atoms with Crippen molar-refractivity contribution in [3.8, 4) is 5.75 Å². The van der Waals surface area contributed by atoms with Crippen LogP contribution in [-0.2, 0) is 11.0 Å². The maximum Gasteiger partial charge on any atom is 0.416 e. The third kappa shape index (κ3) is 5.93. The van der Waals surface area contributed by atoms with Gasteiger partial charge in [-0.2, -0.15) is 13.2 Å². The normalized spacial score (nSPS) is 20.3. The van der Waals surface area contributed by atoms with Gasteiger partial charge in [0.2, 0.25) is 5.91 Å². The van der Waals surface area contributed by atoms with Crippen LogP contribution < -0.4 is 20.9 Å². The standard InChI is InChI=1S/C20H22F3N3O3/c21-20(22,23)14-7-4-8-16(9-14)29-12-15(27)11-24-19(28)18-10-17(25-26-18)13-5-2-1-3-6-13/h1-9,15,17-18,25-27H,10-12H2,(H,24,28). The van der Waals surface area contributed by atoms with E-state index in [1.54, 1.807) is 0 Å². The Kier molecular flexibility index (Phi) is 6.73. The number of alkyl halides is 3. The summed E-state index contributed by atoms with van der Waals surface area (Å²) >= 11 is 0. The Balaban J connectivity index is 1.42. The summed E-state index contributed by atoms with van der Waals surface area (Å²) < 4.78 is 43.3. The molecule has 1 aliphatic heterocycles. The topological polar surface area (TPSA) is 82.6 Å². The molecule has 0 bridgehead atoms. The number of aliphatic hydroxyl groups excluding tert-OH is 1. The van der Waals surface area contributed by atoms with E-state index in [9.17, 15) is 23.1 Å². The van der Waals surface area contributed by atoms with E-state index in [2.05, 4.69) is 16.2 Å². The van der Waals surface area contributed by atoms with Crippen molar-refractivity contribution in [2.24, 2.45) is 0 Å². The molecule has 1 aliphatic rings. The highest BCUT2D eigenvalue weighted by Gasteiger charge is 2.31. The lowest BCUT2D eigenvalue weighted by molar-refractivity contribution is -0.137. The third-order valence-electron chi connectivity index (χ3n) is 4.54. The predicted molar refractivity (Wildman–Crippen MR) is 99.8 cm³/mol. The summed E-state index contributed by atoms with van der Waals surface area (Å²) in [7, 11) is 0. The van der Waals surface area contributed by atoms with E-state index in [-0.39, 0.29) is 30.9 Å². The smallest absolute Gasteiger partial charge is 0.416 e. The van der Waals surface area contributed by atoms with Crippen LogP contribution in [0, 0.1) is 0 Å². The third-order valence-corrected chi connectivity index (χ3v) is 4.54. The molecule has 2 aromatic carbocycles. The van der Waals surface area contributed by atoms with Crippen molar-refractivity contribution in [3.63, 3.8) is 0 Å². The summed E-state index contributed by atoms with van der Waals surface area (Å²) in [6, 6.07) is 13.6. The van der Waals surface area contributed by atoms with Crippen molar-refractivity contribution in [2.45, 2.75) is 30.8 Å². The van der Waals surface area contributed by atoms with Crippen LogP contribution in [0.25, 0.3) is 0 Å². The second-order valence-electron chi connectivity index (χ2n) is 6.78. The molecule has 29 heavy (non-hydrogen) atoms. The number of rotatable bonds is 7. The summed E-state index contributed by atoms with van der Waals surface area (Å²) in [5.41, 5.74) is 6.22. The summed E-state index contributed by atoms with van der Waals surface area (Å²) in [6.07, 6.45) is -4.98. The molecule has 9 heteroatoms. The molecule has 1 saturated heterocycles. The van der Waals surface area contributed by atoms with E-state index >= 15 is 0 Å². The van der Waals surface area contributed by atoms with Crippen LogP contribution in [0.3, 0.4) is 0 Å². The van der Waals surface area contributed by atoms with E-state index in [4.69, 9.17) is 4.74 Å². The minimum Gasteiger partial charge on any atom is -0.491 e. The molecular formula is C20H22F3N3O3. The number of halogens is 3. The van der Waals surface area contributed by atoms with E-state index in [0.717, 1.165) is 17.7 Å². The number of amides is 1. The average molecular weight is 409 g/mol. The SMILES string of the molecule is O=C(NCC(O)COc1cccc(C(F)(F)F)c1)C1CC(c2ccccc2)NN1. The van der Waals surface area contributed by atoms with Gasteiger partial charge in [0.05, 0.1) is 5.56 Å². The highest BCUT2D eigenvalue weighted by Crippen LogP contribution is 2.31. The Bertz CT molecular complexity index is 817. The molecule has 156 valence electrons. The minimum absolute atomic E-state index is 0.00103. The van der Waals surface area contributed by atoms with Gasteiger partial charge in [-0.05, 0) is 30.2 Å². The molecule has 0 aromatic heterocycles. The minimum atomic E-state index is -4.47. The second-order valence-corrected chi connectivity index (χ2v) is 6.78. The van der Waals surface area contributed by atoms with Crippen molar-refractivity contribution in [1.29, 1.82) is 0 Å². The number of ether oxygens (including phenoxy) is 1. The lowest BCUT2D eigenvalue weighted by atomic mass is 10.0. The first-order valence-corrected chi connectivity index (χ1v) is 9.15. The quantitative estimate of drug-likeness (QED) is 0.564. The van der Waals surface area contributed by atoms with Gasteiger partial charge in [-0.25, -0.2) is 10.9 Å². The first kappa shape index (κ1) is 21.1. The van der Waals surface area contributed by atoms with Crippen molar-refractivity contribution < 1.29 is 27.8 Å². The Labute approximate surface area is 166 Å². The average Bonchev–Trinajstić information content (AvgIpc) is 3.21. The molecular weight excluding hydrogens is 387 g/mol. The molecule has 2 aromatic rings. The summed E-state index contributed by atoms with van der Waals surface area (Å²) in [4.78, 5) is 12.3. The van der Waals surface area contributed by atoms with Crippen LogP contribution in [0.15, 0.2) is 54.6 Å². The van der Waals surface area contributed by atoms with Gasteiger partial charge in [-0.1, -0.05) is 36.4 Å². The van der Waals surface area contributed by atoms with Crippen LogP contribution in [0.5, 0.6) is 5.75 Å². The highest BCUT2D eigenvalue weighted by molar-refractivity contribution is 5.82. The van der Waals surface area contributed by atoms with E-state index in [1.165, 1.54) is 12.1 Å². The van der Waals surface area contributed by atoms with Gasteiger partial charge in [0.25, 0.3) is 0 Å². The first-order valence-electron chi connectivity index (χ1n) is 9.15. The molecule has 0 saturated carbocycles. The fourth-order valence-electron chi connectivity index (χ4n) is 2.99. The van der Waals surface area contributed by atoms with E-state index in [0.29, 0.717) is 6.42 Å². The molecule has 4 N–H and O–H groups in total. The van der Waals surface area contributed by atoms with Crippen LogP contribution in [0.2, 0.25) is 0 Å². The largest absolute Gasteiger partial charge is 0.491 e. The summed E-state index contributed by atoms with van der Waals surface area (Å²) in [5, 5.41) is 12.6. The maximum absolute atomic E-state index is 12.7. The summed E-state index contributed by atoms with van der Waals surface area (Å²) in [5.74, 6) is -0.286. The Morgan fingerprint density at radius 3 is 2.66 bits per heavy atom. The Hall–Kier alpha value is -2.62. The lowest BCUT2D eigenvalue weighted by Crippen LogP contribution is -2.46. The molecule has 6 nitrogen and oxygen atoms in total. The Morgan fingerprint density at radius 2 is 1.93 bits per heavy atom. The number of nitrogens with one attached hydrogen (secondary N) is 3. The fraction of sp³-hybridized carbons (Fsp3) is 0.350. The number of carbonyl (C=O) groups is 1. The van der Waals surface area contributed by atoms with Gasteiger partial charge in [0, 0.05) is 12.6 Å². The first-order chi connectivity index (χ1) is 13.8. The van der Waals surface area contributed by atoms with Crippen LogP contribution in [0.1, 0.15) is 23.6 Å². The lowest BCUT2D eigenvalue weighted by Gasteiger charge is -2.16. The number of hydrogen-bond donors (Lipinski definition) is 4. The number of carbonyl (C=O) groups excluding carboxylic acids is 1. The van der Waals surface area contributed by atoms with Crippen molar-refractivity contribution >= 4 is 5.91 Å².